The lowest BCUT2D eigenvalue weighted by atomic mass is 10.2. The number of halogens is 3. The lowest BCUT2D eigenvalue weighted by Gasteiger charge is -2.10. The molecule has 1 N–H and O–H groups in total. The van der Waals surface area contributed by atoms with Crippen molar-refractivity contribution in [2.45, 2.75) is 6.54 Å². The van der Waals surface area contributed by atoms with Crippen molar-refractivity contribution in [2.24, 2.45) is 0 Å². The Bertz CT molecular complexity index is 664. The molecule has 0 saturated heterocycles. The van der Waals surface area contributed by atoms with Crippen LogP contribution in [0.1, 0.15) is 5.56 Å². The summed E-state index contributed by atoms with van der Waals surface area (Å²) in [5, 5.41) is 4.00. The maximum Gasteiger partial charge on any atom is 0.231 e. The van der Waals surface area contributed by atoms with Gasteiger partial charge in [0.05, 0.1) is 15.2 Å². The van der Waals surface area contributed by atoms with Gasteiger partial charge < -0.3 is 14.8 Å². The van der Waals surface area contributed by atoms with Crippen LogP contribution in [-0.4, -0.2) is 6.79 Å². The van der Waals surface area contributed by atoms with Crippen LogP contribution in [-0.2, 0) is 6.54 Å². The van der Waals surface area contributed by atoms with E-state index in [1.807, 2.05) is 30.3 Å². The van der Waals surface area contributed by atoms with E-state index in [9.17, 15) is 0 Å². The molecule has 1 aliphatic rings. The van der Waals surface area contributed by atoms with Gasteiger partial charge in [0, 0.05) is 11.0 Å². The first-order chi connectivity index (χ1) is 9.63. The summed E-state index contributed by atoms with van der Waals surface area (Å²) in [7, 11) is 0. The lowest BCUT2D eigenvalue weighted by molar-refractivity contribution is 0.173. The van der Waals surface area contributed by atoms with E-state index >= 15 is 0 Å². The first-order valence-corrected chi connectivity index (χ1v) is 7.87. The van der Waals surface area contributed by atoms with Crippen LogP contribution in [0.15, 0.2) is 39.3 Å². The van der Waals surface area contributed by atoms with E-state index < -0.39 is 0 Å². The minimum absolute atomic E-state index is 0.266. The summed E-state index contributed by atoms with van der Waals surface area (Å²) in [6.45, 7) is 0.910. The molecule has 1 aliphatic heterocycles. The van der Waals surface area contributed by atoms with Crippen LogP contribution in [0.4, 0.5) is 5.69 Å². The van der Waals surface area contributed by atoms with E-state index in [-0.39, 0.29) is 6.79 Å². The van der Waals surface area contributed by atoms with E-state index in [0.29, 0.717) is 11.6 Å². The highest BCUT2D eigenvalue weighted by Crippen LogP contribution is 2.40. The van der Waals surface area contributed by atoms with Crippen LogP contribution in [0.3, 0.4) is 0 Å². The normalized spacial score (nSPS) is 12.6. The number of rotatable bonds is 3. The average molecular weight is 420 g/mol. The molecule has 3 nitrogen and oxygen atoms in total. The highest BCUT2D eigenvalue weighted by molar-refractivity contribution is 9.10. The van der Waals surface area contributed by atoms with Crippen LogP contribution in [0.2, 0.25) is 5.02 Å². The number of benzene rings is 2. The summed E-state index contributed by atoms with van der Waals surface area (Å²) in [5.74, 6) is 1.52. The number of hydrogen-bond acceptors (Lipinski definition) is 3. The van der Waals surface area contributed by atoms with Crippen molar-refractivity contribution in [3.05, 3.63) is 49.9 Å². The standard InChI is InChI=1S/C14H10Br2ClNO2/c15-9-1-2-11(17)12(5-9)18-6-8-3-10(16)14-13(4-8)19-7-20-14/h1-5,18H,6-7H2. The zero-order valence-electron chi connectivity index (χ0n) is 10.3. The Balaban J connectivity index is 1.79. The first kappa shape index (κ1) is 14.0. The topological polar surface area (TPSA) is 30.5 Å². The molecule has 3 rings (SSSR count). The second-order valence-electron chi connectivity index (χ2n) is 4.29. The maximum atomic E-state index is 6.15. The molecule has 0 unspecified atom stereocenters. The molecule has 20 heavy (non-hydrogen) atoms. The molecular formula is C14H10Br2ClNO2. The molecule has 0 spiro atoms. The number of hydrogen-bond donors (Lipinski definition) is 1. The SMILES string of the molecule is Clc1ccc(Br)cc1NCc1cc(Br)c2c(c1)OCO2. The number of ether oxygens (including phenoxy) is 2. The summed E-state index contributed by atoms with van der Waals surface area (Å²) in [6, 6.07) is 9.68. The van der Waals surface area contributed by atoms with E-state index in [1.54, 1.807) is 0 Å². The summed E-state index contributed by atoms with van der Waals surface area (Å²) in [6.07, 6.45) is 0. The molecule has 2 aromatic rings. The molecule has 0 fully saturated rings. The zero-order valence-corrected chi connectivity index (χ0v) is 14.2. The van der Waals surface area contributed by atoms with E-state index in [4.69, 9.17) is 21.1 Å². The number of nitrogens with one attached hydrogen (secondary N) is 1. The van der Waals surface area contributed by atoms with Gasteiger partial charge in [0.25, 0.3) is 0 Å². The predicted molar refractivity (Wildman–Crippen MR) is 86.7 cm³/mol. The summed E-state index contributed by atoms with van der Waals surface area (Å²) < 4.78 is 12.6. The maximum absolute atomic E-state index is 6.15. The van der Waals surface area contributed by atoms with E-state index in [2.05, 4.69) is 37.2 Å². The number of fused-ring (bicyclic) bond motifs is 1. The molecule has 0 saturated carbocycles. The summed E-state index contributed by atoms with van der Waals surface area (Å²) >= 11 is 13.1. The molecule has 0 radical (unpaired) electrons. The van der Waals surface area contributed by atoms with Gasteiger partial charge in [0.1, 0.15) is 0 Å². The fourth-order valence-corrected chi connectivity index (χ4v) is 3.10. The minimum Gasteiger partial charge on any atom is -0.454 e. The Hall–Kier alpha value is -0.910. The van der Waals surface area contributed by atoms with Crippen molar-refractivity contribution in [1.82, 2.24) is 0 Å². The Morgan fingerprint density at radius 3 is 2.85 bits per heavy atom. The van der Waals surface area contributed by atoms with Gasteiger partial charge in [-0.25, -0.2) is 0 Å². The Kier molecular flexibility index (Phi) is 4.10. The van der Waals surface area contributed by atoms with Gasteiger partial charge in [-0.1, -0.05) is 27.5 Å². The second-order valence-corrected chi connectivity index (χ2v) is 6.47. The van der Waals surface area contributed by atoms with Crippen molar-refractivity contribution in [2.75, 3.05) is 12.1 Å². The molecule has 104 valence electrons. The van der Waals surface area contributed by atoms with Crippen LogP contribution >= 0.6 is 43.5 Å². The largest absolute Gasteiger partial charge is 0.454 e. The molecule has 0 aliphatic carbocycles. The van der Waals surface area contributed by atoms with Crippen molar-refractivity contribution in [3.8, 4) is 11.5 Å². The van der Waals surface area contributed by atoms with Crippen molar-refractivity contribution >= 4 is 49.1 Å². The third-order valence-corrected chi connectivity index (χ3v) is 4.31. The van der Waals surface area contributed by atoms with Gasteiger partial charge in [0.2, 0.25) is 6.79 Å². The van der Waals surface area contributed by atoms with Gasteiger partial charge in [-0.15, -0.1) is 0 Å². The smallest absolute Gasteiger partial charge is 0.231 e. The molecule has 2 aromatic carbocycles. The van der Waals surface area contributed by atoms with Gasteiger partial charge in [-0.2, -0.15) is 0 Å². The predicted octanol–water partition coefficient (Wildman–Crippen LogP) is 5.21. The highest BCUT2D eigenvalue weighted by atomic mass is 79.9. The van der Waals surface area contributed by atoms with Crippen LogP contribution in [0, 0.1) is 0 Å². The van der Waals surface area contributed by atoms with E-state index in [1.165, 1.54) is 0 Å². The zero-order chi connectivity index (χ0) is 14.1. The molecule has 6 heteroatoms. The fraction of sp³-hybridized carbons (Fsp3) is 0.143. The average Bonchev–Trinajstić information content (AvgIpc) is 2.89. The summed E-state index contributed by atoms with van der Waals surface area (Å²) in [5.41, 5.74) is 1.96. The Morgan fingerprint density at radius 1 is 1.15 bits per heavy atom. The van der Waals surface area contributed by atoms with Gasteiger partial charge in [0.15, 0.2) is 11.5 Å². The molecule has 0 atom stereocenters. The molecule has 0 aromatic heterocycles. The quantitative estimate of drug-likeness (QED) is 0.741. The second kappa shape index (κ2) is 5.84. The Morgan fingerprint density at radius 2 is 2.00 bits per heavy atom. The monoisotopic (exact) mass is 417 g/mol. The minimum atomic E-state index is 0.266. The Labute approximate surface area is 138 Å². The molecule has 0 bridgehead atoms. The van der Waals surface area contributed by atoms with Gasteiger partial charge in [-0.3, -0.25) is 0 Å². The third kappa shape index (κ3) is 2.90. The highest BCUT2D eigenvalue weighted by Gasteiger charge is 2.17. The third-order valence-electron chi connectivity index (χ3n) is 2.90. The van der Waals surface area contributed by atoms with Crippen molar-refractivity contribution in [3.63, 3.8) is 0 Å². The lowest BCUT2D eigenvalue weighted by Crippen LogP contribution is -2.00. The summed E-state index contributed by atoms with van der Waals surface area (Å²) in [4.78, 5) is 0. The van der Waals surface area contributed by atoms with Crippen LogP contribution in [0.25, 0.3) is 0 Å². The van der Waals surface area contributed by atoms with E-state index in [0.717, 1.165) is 31.7 Å². The van der Waals surface area contributed by atoms with Crippen LogP contribution in [0.5, 0.6) is 11.5 Å². The van der Waals surface area contributed by atoms with Crippen LogP contribution < -0.4 is 14.8 Å². The number of anilines is 1. The van der Waals surface area contributed by atoms with Gasteiger partial charge >= 0.3 is 0 Å². The van der Waals surface area contributed by atoms with Crippen molar-refractivity contribution in [1.29, 1.82) is 0 Å². The first-order valence-electron chi connectivity index (χ1n) is 5.90. The van der Waals surface area contributed by atoms with Crippen molar-refractivity contribution < 1.29 is 9.47 Å². The fourth-order valence-electron chi connectivity index (χ4n) is 1.95. The molecular weight excluding hydrogens is 409 g/mol. The molecule has 1 heterocycles. The molecule has 0 amide bonds. The van der Waals surface area contributed by atoms with Gasteiger partial charge in [-0.05, 0) is 51.8 Å².